The Morgan fingerprint density at radius 2 is 2.38 bits per heavy atom. The third-order valence-corrected chi connectivity index (χ3v) is 2.45. The maximum atomic E-state index is 11.4. The second-order valence-corrected chi connectivity index (χ2v) is 3.69. The molecule has 0 fully saturated rings. The SMILES string of the molecule is CCOC(=O)CC(NC)c1cn(C)nc1C. The summed E-state index contributed by atoms with van der Waals surface area (Å²) in [6.45, 7) is 4.16. The number of hydrogen-bond donors (Lipinski definition) is 1. The highest BCUT2D eigenvalue weighted by Gasteiger charge is 2.18. The predicted octanol–water partition coefficient (Wildman–Crippen LogP) is 0.942. The number of rotatable bonds is 5. The number of esters is 1. The highest BCUT2D eigenvalue weighted by molar-refractivity contribution is 5.70. The summed E-state index contributed by atoms with van der Waals surface area (Å²) in [4.78, 5) is 11.4. The molecular formula is C11H19N3O2. The smallest absolute Gasteiger partial charge is 0.307 e. The van der Waals surface area contributed by atoms with Gasteiger partial charge in [0.2, 0.25) is 0 Å². The molecule has 1 aromatic heterocycles. The van der Waals surface area contributed by atoms with E-state index in [1.807, 2.05) is 34.1 Å². The topological polar surface area (TPSA) is 56.1 Å². The van der Waals surface area contributed by atoms with Crippen LogP contribution in [-0.4, -0.2) is 29.4 Å². The largest absolute Gasteiger partial charge is 0.466 e. The van der Waals surface area contributed by atoms with Gasteiger partial charge in [0.1, 0.15) is 0 Å². The van der Waals surface area contributed by atoms with Crippen molar-refractivity contribution in [3.8, 4) is 0 Å². The summed E-state index contributed by atoms with van der Waals surface area (Å²) in [6.07, 6.45) is 2.26. The Kier molecular flexibility index (Phi) is 4.49. The van der Waals surface area contributed by atoms with Crippen LogP contribution in [-0.2, 0) is 16.6 Å². The number of aromatic nitrogens is 2. The molecule has 0 amide bonds. The third-order valence-electron chi connectivity index (χ3n) is 2.45. The number of nitrogens with zero attached hydrogens (tertiary/aromatic N) is 2. The van der Waals surface area contributed by atoms with Crippen LogP contribution >= 0.6 is 0 Å². The van der Waals surface area contributed by atoms with Crippen LogP contribution in [0.15, 0.2) is 6.20 Å². The van der Waals surface area contributed by atoms with E-state index >= 15 is 0 Å². The molecule has 90 valence electrons. The molecule has 0 spiro atoms. The zero-order valence-corrected chi connectivity index (χ0v) is 10.3. The van der Waals surface area contributed by atoms with Gasteiger partial charge < -0.3 is 10.1 Å². The number of ether oxygens (including phenoxy) is 1. The number of carbonyl (C=O) groups excluding carboxylic acids is 1. The molecule has 0 radical (unpaired) electrons. The Labute approximate surface area is 95.8 Å². The van der Waals surface area contributed by atoms with Gasteiger partial charge >= 0.3 is 5.97 Å². The highest BCUT2D eigenvalue weighted by Crippen LogP contribution is 2.19. The van der Waals surface area contributed by atoms with Crippen LogP contribution in [0.3, 0.4) is 0 Å². The van der Waals surface area contributed by atoms with E-state index in [-0.39, 0.29) is 12.0 Å². The van der Waals surface area contributed by atoms with Crippen LogP contribution in [0.4, 0.5) is 0 Å². The fourth-order valence-corrected chi connectivity index (χ4v) is 1.71. The van der Waals surface area contributed by atoms with E-state index in [1.165, 1.54) is 0 Å². The van der Waals surface area contributed by atoms with Crippen molar-refractivity contribution in [3.63, 3.8) is 0 Å². The fraction of sp³-hybridized carbons (Fsp3) is 0.636. The molecule has 1 N–H and O–H groups in total. The summed E-state index contributed by atoms with van der Waals surface area (Å²) in [5.41, 5.74) is 1.98. The number of hydrogen-bond acceptors (Lipinski definition) is 4. The van der Waals surface area contributed by atoms with Crippen molar-refractivity contribution in [2.45, 2.75) is 26.3 Å². The van der Waals surface area contributed by atoms with Gasteiger partial charge in [0.25, 0.3) is 0 Å². The lowest BCUT2D eigenvalue weighted by molar-refractivity contribution is -0.143. The van der Waals surface area contributed by atoms with E-state index < -0.39 is 0 Å². The quantitative estimate of drug-likeness (QED) is 0.758. The normalized spacial score (nSPS) is 12.5. The van der Waals surface area contributed by atoms with Gasteiger partial charge in [-0.05, 0) is 20.9 Å². The third kappa shape index (κ3) is 3.06. The lowest BCUT2D eigenvalue weighted by Crippen LogP contribution is -2.21. The van der Waals surface area contributed by atoms with E-state index in [1.54, 1.807) is 4.68 Å². The Morgan fingerprint density at radius 1 is 1.69 bits per heavy atom. The van der Waals surface area contributed by atoms with Gasteiger partial charge in [0.15, 0.2) is 0 Å². The molecule has 1 atom stereocenters. The standard InChI is InChI=1S/C11H19N3O2/c1-5-16-11(15)6-10(12-3)9-7-14(4)13-8(9)2/h7,10,12H,5-6H2,1-4H3. The van der Waals surface area contributed by atoms with Crippen LogP contribution in [0.2, 0.25) is 0 Å². The number of aryl methyl sites for hydroxylation is 2. The van der Waals surface area contributed by atoms with Gasteiger partial charge in [-0.1, -0.05) is 0 Å². The van der Waals surface area contributed by atoms with Gasteiger partial charge in [-0.25, -0.2) is 0 Å². The fourth-order valence-electron chi connectivity index (χ4n) is 1.71. The van der Waals surface area contributed by atoms with Crippen LogP contribution in [0.25, 0.3) is 0 Å². The molecule has 1 aromatic rings. The molecule has 0 aromatic carbocycles. The van der Waals surface area contributed by atoms with Crippen molar-refractivity contribution >= 4 is 5.97 Å². The molecule has 1 unspecified atom stereocenters. The first-order valence-corrected chi connectivity index (χ1v) is 5.41. The monoisotopic (exact) mass is 225 g/mol. The average Bonchev–Trinajstić information content (AvgIpc) is 2.55. The second kappa shape index (κ2) is 5.65. The lowest BCUT2D eigenvalue weighted by Gasteiger charge is -2.14. The molecule has 5 nitrogen and oxygen atoms in total. The maximum Gasteiger partial charge on any atom is 0.307 e. The summed E-state index contributed by atoms with van der Waals surface area (Å²) in [5.74, 6) is -0.190. The van der Waals surface area contributed by atoms with E-state index in [9.17, 15) is 4.79 Å². The van der Waals surface area contributed by atoms with Crippen LogP contribution in [0.5, 0.6) is 0 Å². The summed E-state index contributed by atoms with van der Waals surface area (Å²) >= 11 is 0. The molecule has 0 aliphatic rings. The Hall–Kier alpha value is -1.36. The average molecular weight is 225 g/mol. The van der Waals surface area contributed by atoms with E-state index in [4.69, 9.17) is 4.74 Å². The zero-order valence-electron chi connectivity index (χ0n) is 10.3. The summed E-state index contributed by atoms with van der Waals surface area (Å²) in [7, 11) is 3.70. The molecule has 0 saturated carbocycles. The van der Waals surface area contributed by atoms with Crippen LogP contribution < -0.4 is 5.32 Å². The zero-order chi connectivity index (χ0) is 12.1. The highest BCUT2D eigenvalue weighted by atomic mass is 16.5. The van der Waals surface area contributed by atoms with E-state index in [2.05, 4.69) is 10.4 Å². The van der Waals surface area contributed by atoms with Gasteiger partial charge in [0.05, 0.1) is 18.7 Å². The lowest BCUT2D eigenvalue weighted by atomic mass is 10.1. The molecule has 5 heteroatoms. The summed E-state index contributed by atoms with van der Waals surface area (Å²) in [6, 6.07) is -0.0345. The van der Waals surface area contributed by atoms with Gasteiger partial charge in [-0.15, -0.1) is 0 Å². The van der Waals surface area contributed by atoms with Crippen LogP contribution in [0.1, 0.15) is 30.6 Å². The van der Waals surface area contributed by atoms with Crippen molar-refractivity contribution in [2.24, 2.45) is 7.05 Å². The first-order valence-electron chi connectivity index (χ1n) is 5.41. The molecule has 1 rings (SSSR count). The van der Waals surface area contributed by atoms with Crippen molar-refractivity contribution < 1.29 is 9.53 Å². The van der Waals surface area contributed by atoms with Gasteiger partial charge in [-0.2, -0.15) is 5.10 Å². The van der Waals surface area contributed by atoms with Gasteiger partial charge in [0, 0.05) is 24.8 Å². The van der Waals surface area contributed by atoms with E-state index in [0.717, 1.165) is 11.3 Å². The first-order chi connectivity index (χ1) is 7.58. The molecule has 1 heterocycles. The minimum Gasteiger partial charge on any atom is -0.466 e. The molecule has 0 aliphatic heterocycles. The van der Waals surface area contributed by atoms with E-state index in [0.29, 0.717) is 13.0 Å². The second-order valence-electron chi connectivity index (χ2n) is 3.69. The Bertz CT molecular complexity index is 360. The predicted molar refractivity (Wildman–Crippen MR) is 61.0 cm³/mol. The first kappa shape index (κ1) is 12.7. The molecule has 0 aliphatic carbocycles. The summed E-state index contributed by atoms with van der Waals surface area (Å²) in [5, 5.41) is 7.37. The van der Waals surface area contributed by atoms with Crippen molar-refractivity contribution in [1.82, 2.24) is 15.1 Å². The molecule has 0 saturated heterocycles. The van der Waals surface area contributed by atoms with Crippen molar-refractivity contribution in [1.29, 1.82) is 0 Å². The maximum absolute atomic E-state index is 11.4. The number of nitrogens with one attached hydrogen (secondary N) is 1. The Morgan fingerprint density at radius 3 is 2.81 bits per heavy atom. The van der Waals surface area contributed by atoms with Crippen molar-refractivity contribution in [2.75, 3.05) is 13.7 Å². The Balaban J connectivity index is 2.74. The van der Waals surface area contributed by atoms with Crippen molar-refractivity contribution in [3.05, 3.63) is 17.5 Å². The number of carbonyl (C=O) groups is 1. The van der Waals surface area contributed by atoms with Crippen LogP contribution in [0, 0.1) is 6.92 Å². The minimum atomic E-state index is -0.190. The molecule has 16 heavy (non-hydrogen) atoms. The molecular weight excluding hydrogens is 206 g/mol. The summed E-state index contributed by atoms with van der Waals surface area (Å²) < 4.78 is 6.69. The molecule has 0 bridgehead atoms. The van der Waals surface area contributed by atoms with Gasteiger partial charge in [-0.3, -0.25) is 9.48 Å². The minimum absolute atomic E-state index is 0.0345.